The second-order valence-corrected chi connectivity index (χ2v) is 10.0. The summed E-state index contributed by atoms with van der Waals surface area (Å²) in [6.07, 6.45) is 4.01. The van der Waals surface area contributed by atoms with Gasteiger partial charge >= 0.3 is 0 Å². The van der Waals surface area contributed by atoms with Gasteiger partial charge in [-0.15, -0.1) is 0 Å². The second kappa shape index (κ2) is 9.50. The third-order valence-corrected chi connectivity index (χ3v) is 7.44. The van der Waals surface area contributed by atoms with E-state index in [4.69, 9.17) is 0 Å². The van der Waals surface area contributed by atoms with E-state index in [9.17, 15) is 12.6 Å². The highest BCUT2D eigenvalue weighted by Crippen LogP contribution is 2.22. The quantitative estimate of drug-likeness (QED) is 0.520. The molecule has 22 heavy (non-hydrogen) atoms. The predicted octanol–water partition coefficient (Wildman–Crippen LogP) is 0.666. The Morgan fingerprint density at radius 2 is 2.05 bits per heavy atom. The van der Waals surface area contributed by atoms with Gasteiger partial charge < -0.3 is 10.6 Å². The molecule has 2 N–H and O–H groups in total. The summed E-state index contributed by atoms with van der Waals surface area (Å²) in [5.74, 6) is 1.60. The third-order valence-electron chi connectivity index (χ3n) is 3.99. The molecule has 8 heteroatoms. The van der Waals surface area contributed by atoms with Crippen LogP contribution in [-0.2, 0) is 20.6 Å². The van der Waals surface area contributed by atoms with Gasteiger partial charge in [0.1, 0.15) is 0 Å². The highest BCUT2D eigenvalue weighted by Gasteiger charge is 2.26. The number of hydrogen-bond donors (Lipinski definition) is 2. The van der Waals surface area contributed by atoms with Gasteiger partial charge in [-0.3, -0.25) is 9.20 Å². The van der Waals surface area contributed by atoms with Gasteiger partial charge in [-0.25, -0.2) is 8.42 Å². The zero-order valence-electron chi connectivity index (χ0n) is 13.8. The van der Waals surface area contributed by atoms with Gasteiger partial charge in [-0.1, -0.05) is 20.3 Å². The lowest BCUT2D eigenvalue weighted by Gasteiger charge is -2.30. The fourth-order valence-corrected chi connectivity index (χ4v) is 4.66. The topological polar surface area (TPSA) is 87.6 Å². The van der Waals surface area contributed by atoms with Crippen molar-refractivity contribution in [1.82, 2.24) is 10.6 Å². The van der Waals surface area contributed by atoms with Crippen LogP contribution in [0.25, 0.3) is 0 Å². The molecule has 130 valence electrons. The molecule has 1 aliphatic carbocycles. The summed E-state index contributed by atoms with van der Waals surface area (Å²) in [7, 11) is -2.04. The normalized spacial score (nSPS) is 24.8. The Morgan fingerprint density at radius 3 is 2.64 bits per heavy atom. The van der Waals surface area contributed by atoms with Gasteiger partial charge in [-0.2, -0.15) is 0 Å². The Bertz CT molecular complexity index is 492. The first-order chi connectivity index (χ1) is 10.4. The van der Waals surface area contributed by atoms with Crippen molar-refractivity contribution in [2.24, 2.45) is 4.99 Å². The van der Waals surface area contributed by atoms with E-state index in [0.717, 1.165) is 25.7 Å². The molecule has 0 aromatic heterocycles. The van der Waals surface area contributed by atoms with Crippen LogP contribution in [0.2, 0.25) is 0 Å². The molecule has 0 aromatic rings. The van der Waals surface area contributed by atoms with Crippen molar-refractivity contribution in [3.63, 3.8) is 0 Å². The number of nitrogens with zero attached hydrogens (tertiary/aromatic N) is 1. The highest BCUT2D eigenvalue weighted by molar-refractivity contribution is 7.91. The molecule has 3 unspecified atom stereocenters. The predicted molar refractivity (Wildman–Crippen MR) is 93.6 cm³/mol. The van der Waals surface area contributed by atoms with Crippen molar-refractivity contribution in [3.05, 3.63) is 0 Å². The number of rotatable bonds is 7. The van der Waals surface area contributed by atoms with Crippen LogP contribution in [0.3, 0.4) is 0 Å². The van der Waals surface area contributed by atoms with Crippen LogP contribution in [-0.4, -0.2) is 60.7 Å². The molecule has 1 saturated carbocycles. The van der Waals surface area contributed by atoms with E-state index in [0.29, 0.717) is 18.3 Å². The summed E-state index contributed by atoms with van der Waals surface area (Å²) in [5.41, 5.74) is 0. The van der Waals surface area contributed by atoms with E-state index in [1.807, 2.05) is 6.92 Å². The van der Waals surface area contributed by atoms with Gasteiger partial charge in [0.15, 0.2) is 15.8 Å². The molecule has 0 aliphatic heterocycles. The Morgan fingerprint density at radius 1 is 1.32 bits per heavy atom. The van der Waals surface area contributed by atoms with Crippen LogP contribution in [0, 0.1) is 0 Å². The Balaban J connectivity index is 2.44. The lowest BCUT2D eigenvalue weighted by Crippen LogP contribution is -2.47. The van der Waals surface area contributed by atoms with Crippen LogP contribution in [0.1, 0.15) is 39.5 Å². The minimum Gasteiger partial charge on any atom is -0.355 e. The number of guanidine groups is 1. The molecule has 0 amide bonds. The smallest absolute Gasteiger partial charge is 0.191 e. The second-order valence-electron chi connectivity index (χ2n) is 5.53. The molecule has 1 aliphatic rings. The first-order valence-corrected chi connectivity index (χ1v) is 11.2. The molecule has 0 bridgehead atoms. The summed E-state index contributed by atoms with van der Waals surface area (Å²) < 4.78 is 34.9. The van der Waals surface area contributed by atoms with Crippen molar-refractivity contribution in [2.45, 2.75) is 50.8 Å². The van der Waals surface area contributed by atoms with E-state index in [2.05, 4.69) is 15.6 Å². The molecular weight excluding hydrogens is 322 g/mol. The lowest BCUT2D eigenvalue weighted by atomic mass is 9.95. The minimum atomic E-state index is -2.97. The largest absolute Gasteiger partial charge is 0.355 e. The fraction of sp³-hybridized carbons (Fsp3) is 0.929. The number of aliphatic imine (C=N–C) groups is 1. The highest BCUT2D eigenvalue weighted by atomic mass is 32.2. The third kappa shape index (κ3) is 6.64. The van der Waals surface area contributed by atoms with Gasteiger partial charge in [0.25, 0.3) is 0 Å². The Kier molecular flexibility index (Phi) is 8.38. The van der Waals surface area contributed by atoms with Crippen LogP contribution in [0.15, 0.2) is 4.99 Å². The van der Waals surface area contributed by atoms with Crippen LogP contribution >= 0.6 is 0 Å². The summed E-state index contributed by atoms with van der Waals surface area (Å²) in [6, 6.07) is 0.253. The summed E-state index contributed by atoms with van der Waals surface area (Å²) in [6.45, 7) is 3.97. The SMILES string of the molecule is CCS(=O)C1CCCC(NC(=NC)NCCS(=O)(=O)CC)C1. The van der Waals surface area contributed by atoms with Crippen molar-refractivity contribution < 1.29 is 12.6 Å². The van der Waals surface area contributed by atoms with E-state index in [-0.39, 0.29) is 22.8 Å². The fourth-order valence-electron chi connectivity index (χ4n) is 2.61. The van der Waals surface area contributed by atoms with Crippen molar-refractivity contribution >= 4 is 26.6 Å². The molecule has 1 fully saturated rings. The van der Waals surface area contributed by atoms with Gasteiger partial charge in [-0.05, 0) is 19.3 Å². The first kappa shape index (κ1) is 19.4. The van der Waals surface area contributed by atoms with E-state index in [1.54, 1.807) is 14.0 Å². The lowest BCUT2D eigenvalue weighted by molar-refractivity contribution is 0.414. The Labute approximate surface area is 136 Å². The molecule has 0 spiro atoms. The maximum absolute atomic E-state index is 12.0. The first-order valence-electron chi connectivity index (χ1n) is 7.96. The van der Waals surface area contributed by atoms with Gasteiger partial charge in [0.05, 0.1) is 5.75 Å². The van der Waals surface area contributed by atoms with Crippen LogP contribution in [0.4, 0.5) is 0 Å². The maximum Gasteiger partial charge on any atom is 0.191 e. The summed E-state index contributed by atoms with van der Waals surface area (Å²) in [4.78, 5) is 4.14. The zero-order valence-corrected chi connectivity index (χ0v) is 15.4. The minimum absolute atomic E-state index is 0.108. The van der Waals surface area contributed by atoms with Crippen LogP contribution in [0.5, 0.6) is 0 Å². The average Bonchev–Trinajstić information content (AvgIpc) is 2.53. The average molecular weight is 352 g/mol. The van der Waals surface area contributed by atoms with Gasteiger partial charge in [0.2, 0.25) is 0 Å². The van der Waals surface area contributed by atoms with Gasteiger partial charge in [0, 0.05) is 47.2 Å². The van der Waals surface area contributed by atoms with E-state index in [1.165, 1.54) is 0 Å². The summed E-state index contributed by atoms with van der Waals surface area (Å²) in [5, 5.41) is 6.64. The summed E-state index contributed by atoms with van der Waals surface area (Å²) >= 11 is 0. The van der Waals surface area contributed by atoms with Crippen molar-refractivity contribution in [2.75, 3.05) is 30.9 Å². The van der Waals surface area contributed by atoms with Crippen molar-refractivity contribution in [1.29, 1.82) is 0 Å². The van der Waals surface area contributed by atoms with Crippen LogP contribution < -0.4 is 10.6 Å². The van der Waals surface area contributed by atoms with E-state index >= 15 is 0 Å². The molecule has 0 aromatic carbocycles. The number of sulfone groups is 1. The molecule has 3 atom stereocenters. The molecule has 6 nitrogen and oxygen atoms in total. The molecule has 0 radical (unpaired) electrons. The zero-order chi connectivity index (χ0) is 16.6. The Hall–Kier alpha value is -0.630. The van der Waals surface area contributed by atoms with E-state index < -0.39 is 20.6 Å². The molecule has 0 heterocycles. The molecular formula is C14H29N3O3S2. The molecule has 1 rings (SSSR count). The van der Waals surface area contributed by atoms with Crippen molar-refractivity contribution in [3.8, 4) is 0 Å². The maximum atomic E-state index is 12.0. The number of hydrogen-bond acceptors (Lipinski definition) is 4. The monoisotopic (exact) mass is 351 g/mol. The standard InChI is InChI=1S/C14H29N3O3S2/c1-4-21(18)13-8-6-7-12(11-13)17-14(15-3)16-9-10-22(19,20)5-2/h12-13H,4-11H2,1-3H3,(H2,15,16,17). The molecule has 0 saturated heterocycles. The number of nitrogens with one attached hydrogen (secondary N) is 2.